The fraction of sp³-hybridized carbons (Fsp3) is 0.474. The summed E-state index contributed by atoms with van der Waals surface area (Å²) in [6, 6.07) is 6.68. The number of benzene rings is 1. The summed E-state index contributed by atoms with van der Waals surface area (Å²) in [5.74, 6) is -0.312. The monoisotopic (exact) mass is 382 g/mol. The molecule has 1 aromatic heterocycles. The van der Waals surface area contributed by atoms with Crippen molar-refractivity contribution in [1.29, 1.82) is 0 Å². The fourth-order valence-corrected chi connectivity index (χ4v) is 3.71. The molecular formula is C19H21F3N2O3. The van der Waals surface area contributed by atoms with E-state index in [9.17, 15) is 23.1 Å². The average Bonchev–Trinajstić information content (AvgIpc) is 2.98. The van der Waals surface area contributed by atoms with Gasteiger partial charge < -0.3 is 9.84 Å². The number of ether oxygens (including phenoxy) is 1. The summed E-state index contributed by atoms with van der Waals surface area (Å²) in [6.07, 6.45) is -3.95. The molecule has 1 aliphatic rings. The van der Waals surface area contributed by atoms with Gasteiger partial charge in [0.05, 0.1) is 26.0 Å². The van der Waals surface area contributed by atoms with E-state index in [0.29, 0.717) is 24.2 Å². The van der Waals surface area contributed by atoms with Crippen molar-refractivity contribution in [2.24, 2.45) is 0 Å². The van der Waals surface area contributed by atoms with Crippen LogP contribution < -0.4 is 10.3 Å². The molecule has 3 rings (SSSR count). The van der Waals surface area contributed by atoms with Crippen LogP contribution in [0, 0.1) is 0 Å². The first-order chi connectivity index (χ1) is 12.8. The van der Waals surface area contributed by atoms with E-state index in [4.69, 9.17) is 4.74 Å². The van der Waals surface area contributed by atoms with Gasteiger partial charge in [0, 0.05) is 5.92 Å². The van der Waals surface area contributed by atoms with Crippen molar-refractivity contribution in [2.45, 2.75) is 44.3 Å². The number of nitrogens with zero attached hydrogens (tertiary/aromatic N) is 2. The van der Waals surface area contributed by atoms with Crippen molar-refractivity contribution in [2.75, 3.05) is 13.7 Å². The zero-order valence-corrected chi connectivity index (χ0v) is 15.1. The third-order valence-electron chi connectivity index (χ3n) is 5.07. The van der Waals surface area contributed by atoms with E-state index >= 15 is 0 Å². The molecule has 1 N–H and O–H groups in total. The molecule has 2 unspecified atom stereocenters. The van der Waals surface area contributed by atoms with Gasteiger partial charge in [0.25, 0.3) is 5.56 Å². The van der Waals surface area contributed by atoms with Crippen LogP contribution in [0.1, 0.15) is 54.0 Å². The molecule has 0 saturated carbocycles. The number of hydrogen-bond donors (Lipinski definition) is 1. The van der Waals surface area contributed by atoms with Gasteiger partial charge in [-0.2, -0.15) is 18.3 Å². The molecule has 0 amide bonds. The second-order valence-electron chi connectivity index (χ2n) is 6.70. The van der Waals surface area contributed by atoms with Crippen LogP contribution in [0.2, 0.25) is 0 Å². The van der Waals surface area contributed by atoms with Crippen LogP contribution >= 0.6 is 0 Å². The Balaban J connectivity index is 2.14. The lowest BCUT2D eigenvalue weighted by Gasteiger charge is -2.18. The Kier molecular flexibility index (Phi) is 5.28. The highest BCUT2D eigenvalue weighted by Gasteiger charge is 2.45. The van der Waals surface area contributed by atoms with Crippen LogP contribution in [0.15, 0.2) is 29.1 Å². The zero-order chi connectivity index (χ0) is 19.8. The molecule has 0 aliphatic heterocycles. The van der Waals surface area contributed by atoms with Crippen LogP contribution in [0.25, 0.3) is 0 Å². The molecular weight excluding hydrogens is 361 g/mol. The van der Waals surface area contributed by atoms with Crippen molar-refractivity contribution in [1.82, 2.24) is 9.78 Å². The molecule has 1 aromatic carbocycles. The third kappa shape index (κ3) is 3.58. The number of hydrogen-bond acceptors (Lipinski definition) is 4. The van der Waals surface area contributed by atoms with Crippen molar-refractivity contribution >= 4 is 0 Å². The summed E-state index contributed by atoms with van der Waals surface area (Å²) in [4.78, 5) is 12.7. The Morgan fingerprint density at radius 2 is 1.93 bits per heavy atom. The van der Waals surface area contributed by atoms with Gasteiger partial charge in [-0.25, -0.2) is 4.68 Å². The number of fused-ring (bicyclic) bond motifs is 1. The molecule has 0 radical (unpaired) electrons. The molecule has 2 atom stereocenters. The van der Waals surface area contributed by atoms with E-state index in [1.165, 1.54) is 7.11 Å². The molecule has 146 valence electrons. The molecule has 8 heteroatoms. The topological polar surface area (TPSA) is 64.3 Å². The normalized spacial score (nSPS) is 19.2. The summed E-state index contributed by atoms with van der Waals surface area (Å²) < 4.78 is 47.1. The smallest absolute Gasteiger partial charge is 0.422 e. The van der Waals surface area contributed by atoms with E-state index in [0.717, 1.165) is 4.68 Å². The number of halogens is 3. The Labute approximate surface area is 154 Å². The molecule has 0 saturated heterocycles. The molecule has 0 spiro atoms. The highest BCUT2D eigenvalue weighted by atomic mass is 19.4. The van der Waals surface area contributed by atoms with Crippen LogP contribution in [0.3, 0.4) is 0 Å². The number of aliphatic hydroxyl groups excluding tert-OH is 1. The quantitative estimate of drug-likeness (QED) is 0.862. The predicted molar refractivity (Wildman–Crippen MR) is 93.1 cm³/mol. The maximum atomic E-state index is 13.7. The number of methoxy groups -OCH3 is 1. The summed E-state index contributed by atoms with van der Waals surface area (Å²) >= 11 is 0. The highest BCUT2D eigenvalue weighted by molar-refractivity contribution is 5.40. The second-order valence-corrected chi connectivity index (χ2v) is 6.70. The first-order valence-corrected chi connectivity index (χ1v) is 8.76. The minimum atomic E-state index is -4.77. The van der Waals surface area contributed by atoms with Crippen LogP contribution in [0.4, 0.5) is 13.2 Å². The second kappa shape index (κ2) is 7.34. The maximum Gasteiger partial charge on any atom is 0.422 e. The Bertz CT molecular complexity index is 875. The highest BCUT2D eigenvalue weighted by Crippen LogP contribution is 2.46. The van der Waals surface area contributed by atoms with Crippen molar-refractivity contribution in [3.63, 3.8) is 0 Å². The van der Waals surface area contributed by atoms with E-state index in [-0.39, 0.29) is 24.4 Å². The zero-order valence-electron chi connectivity index (χ0n) is 15.1. The lowest BCUT2D eigenvalue weighted by atomic mass is 9.95. The first kappa shape index (κ1) is 19.4. The lowest BCUT2D eigenvalue weighted by molar-refractivity contribution is -0.139. The summed E-state index contributed by atoms with van der Waals surface area (Å²) in [6.45, 7) is 1.39. The maximum absolute atomic E-state index is 13.7. The summed E-state index contributed by atoms with van der Waals surface area (Å²) in [5.41, 5.74) is -1.52. The molecule has 1 heterocycles. The molecule has 27 heavy (non-hydrogen) atoms. The van der Waals surface area contributed by atoms with Gasteiger partial charge in [-0.3, -0.25) is 4.79 Å². The predicted octanol–water partition coefficient (Wildman–Crippen LogP) is 3.29. The number of aromatic nitrogens is 2. The molecule has 0 fully saturated rings. The van der Waals surface area contributed by atoms with E-state index < -0.39 is 29.1 Å². The van der Waals surface area contributed by atoms with E-state index in [2.05, 4.69) is 5.10 Å². The molecule has 0 bridgehead atoms. The van der Waals surface area contributed by atoms with Gasteiger partial charge in [-0.05, 0) is 42.0 Å². The fourth-order valence-electron chi connectivity index (χ4n) is 3.71. The van der Waals surface area contributed by atoms with Gasteiger partial charge in [0.15, 0.2) is 0 Å². The number of aliphatic hydroxyl groups is 1. The van der Waals surface area contributed by atoms with E-state index in [1.807, 2.05) is 0 Å². The Morgan fingerprint density at radius 1 is 1.26 bits per heavy atom. The third-order valence-corrected chi connectivity index (χ3v) is 5.07. The number of alkyl halides is 3. The average molecular weight is 382 g/mol. The van der Waals surface area contributed by atoms with Crippen molar-refractivity contribution < 1.29 is 23.0 Å². The standard InChI is InChI=1S/C19H21F3N2O3/c1-3-12-8-13(10-25)17-15(12)16(19(20,21)22)18(26)24(23-17)9-11-4-6-14(27-2)7-5-11/h4-7,12-13,25H,3,8-10H2,1-2H3. The Hall–Kier alpha value is -2.35. The van der Waals surface area contributed by atoms with Crippen molar-refractivity contribution in [3.05, 3.63) is 57.0 Å². The molecule has 2 aromatic rings. The number of rotatable bonds is 5. The van der Waals surface area contributed by atoms with Gasteiger partial charge in [0.2, 0.25) is 0 Å². The summed E-state index contributed by atoms with van der Waals surface area (Å²) in [5, 5.41) is 13.8. The lowest BCUT2D eigenvalue weighted by Crippen LogP contribution is -2.34. The van der Waals surface area contributed by atoms with Crippen LogP contribution in [-0.2, 0) is 12.7 Å². The first-order valence-electron chi connectivity index (χ1n) is 8.76. The molecule has 5 nitrogen and oxygen atoms in total. The SMILES string of the molecule is CCC1CC(CO)c2nn(Cc3ccc(OC)cc3)c(=O)c(C(F)(F)F)c21. The van der Waals surface area contributed by atoms with Gasteiger partial charge in [-0.15, -0.1) is 0 Å². The minimum Gasteiger partial charge on any atom is -0.497 e. The minimum absolute atomic E-state index is 0.0416. The van der Waals surface area contributed by atoms with Gasteiger partial charge in [-0.1, -0.05) is 19.1 Å². The van der Waals surface area contributed by atoms with Crippen molar-refractivity contribution in [3.8, 4) is 5.75 Å². The molecule has 1 aliphatic carbocycles. The van der Waals surface area contributed by atoms with Gasteiger partial charge in [0.1, 0.15) is 11.3 Å². The van der Waals surface area contributed by atoms with Crippen LogP contribution in [0.5, 0.6) is 5.75 Å². The van der Waals surface area contributed by atoms with E-state index in [1.54, 1.807) is 31.2 Å². The van der Waals surface area contributed by atoms with Gasteiger partial charge >= 0.3 is 6.18 Å². The van der Waals surface area contributed by atoms with Crippen LogP contribution in [-0.4, -0.2) is 28.6 Å². The Morgan fingerprint density at radius 3 is 2.44 bits per heavy atom. The summed E-state index contributed by atoms with van der Waals surface area (Å²) in [7, 11) is 1.51. The largest absolute Gasteiger partial charge is 0.497 e.